The van der Waals surface area contributed by atoms with Crippen LogP contribution in [0.5, 0.6) is 0 Å². The minimum Gasteiger partial charge on any atom is -0.342 e. The number of nitrogens with zero attached hydrogens (tertiary/aromatic N) is 3. The van der Waals surface area contributed by atoms with Crippen LogP contribution in [0, 0.1) is 5.92 Å². The Morgan fingerprint density at radius 3 is 2.21 bits per heavy atom. The van der Waals surface area contributed by atoms with Gasteiger partial charge in [-0.25, -0.2) is 4.79 Å². The highest BCUT2D eigenvalue weighted by Crippen LogP contribution is 2.32. The number of rotatable bonds is 2. The number of piperidine rings is 1. The van der Waals surface area contributed by atoms with Crippen molar-refractivity contribution in [2.75, 3.05) is 19.6 Å². The van der Waals surface area contributed by atoms with Gasteiger partial charge in [-0.1, -0.05) is 19.3 Å². The summed E-state index contributed by atoms with van der Waals surface area (Å²) in [5, 5.41) is 0. The van der Waals surface area contributed by atoms with Gasteiger partial charge in [-0.2, -0.15) is 0 Å². The van der Waals surface area contributed by atoms with Crippen LogP contribution in [0.4, 0.5) is 4.79 Å². The number of likely N-dealkylation sites (tertiary alicyclic amines) is 1. The van der Waals surface area contributed by atoms with Crippen molar-refractivity contribution in [3.05, 3.63) is 0 Å². The zero-order valence-corrected chi connectivity index (χ0v) is 14.3. The summed E-state index contributed by atoms with van der Waals surface area (Å²) in [6.45, 7) is 2.08. The van der Waals surface area contributed by atoms with Gasteiger partial charge in [-0.05, 0) is 38.5 Å². The topological polar surface area (TPSA) is 60.9 Å². The monoisotopic (exact) mass is 333 g/mol. The first kappa shape index (κ1) is 15.9. The van der Waals surface area contributed by atoms with Gasteiger partial charge in [0.25, 0.3) is 5.91 Å². The predicted molar refractivity (Wildman–Crippen MR) is 88.1 cm³/mol. The lowest BCUT2D eigenvalue weighted by atomic mass is 9.87. The molecular formula is C18H27N3O3. The number of imide groups is 1. The minimum atomic E-state index is -0.209. The predicted octanol–water partition coefficient (Wildman–Crippen LogP) is 1.98. The van der Waals surface area contributed by atoms with E-state index in [9.17, 15) is 14.4 Å². The highest BCUT2D eigenvalue weighted by molar-refractivity contribution is 6.04. The smallest absolute Gasteiger partial charge is 0.327 e. The van der Waals surface area contributed by atoms with Gasteiger partial charge in [0.15, 0.2) is 0 Å². The number of carbonyl (C=O) groups is 3. The van der Waals surface area contributed by atoms with E-state index in [-0.39, 0.29) is 29.9 Å². The van der Waals surface area contributed by atoms with Crippen molar-refractivity contribution in [3.8, 4) is 0 Å². The van der Waals surface area contributed by atoms with Crippen molar-refractivity contribution >= 4 is 17.8 Å². The van der Waals surface area contributed by atoms with Gasteiger partial charge in [-0.15, -0.1) is 0 Å². The lowest BCUT2D eigenvalue weighted by molar-refractivity contribution is -0.138. The second kappa shape index (κ2) is 6.37. The molecule has 4 rings (SSSR count). The average Bonchev–Trinajstić information content (AvgIpc) is 3.20. The molecule has 0 aromatic carbocycles. The largest absolute Gasteiger partial charge is 0.342 e. The molecule has 0 aromatic rings. The molecule has 1 saturated carbocycles. The minimum absolute atomic E-state index is 0.00504. The molecule has 132 valence electrons. The summed E-state index contributed by atoms with van der Waals surface area (Å²) in [6, 6.07) is -0.329. The number of hydrogen-bond donors (Lipinski definition) is 0. The van der Waals surface area contributed by atoms with Gasteiger partial charge >= 0.3 is 6.03 Å². The molecule has 0 radical (unpaired) electrons. The third-order valence-corrected chi connectivity index (χ3v) is 6.32. The number of urea groups is 1. The van der Waals surface area contributed by atoms with Gasteiger partial charge in [0.05, 0.1) is 0 Å². The molecule has 4 fully saturated rings. The van der Waals surface area contributed by atoms with Crippen LogP contribution in [0.1, 0.15) is 57.8 Å². The summed E-state index contributed by atoms with van der Waals surface area (Å²) < 4.78 is 0. The first-order valence-corrected chi connectivity index (χ1v) is 9.59. The standard InChI is InChI=1S/C18H27N3O3/c22-16(13-5-2-1-3-6-13)19-11-8-14(9-12-19)21-17(23)15-7-4-10-20(15)18(21)24/h13-15H,1-12H2/t15-/m1/s1. The van der Waals surface area contributed by atoms with Gasteiger partial charge in [0.1, 0.15) is 6.04 Å². The summed E-state index contributed by atoms with van der Waals surface area (Å²) >= 11 is 0. The molecule has 4 aliphatic rings. The van der Waals surface area contributed by atoms with Crippen LogP contribution in [0.2, 0.25) is 0 Å². The van der Waals surface area contributed by atoms with E-state index in [0.717, 1.165) is 38.5 Å². The van der Waals surface area contributed by atoms with Gasteiger partial charge < -0.3 is 9.80 Å². The molecule has 24 heavy (non-hydrogen) atoms. The van der Waals surface area contributed by atoms with E-state index >= 15 is 0 Å². The van der Waals surface area contributed by atoms with E-state index in [1.165, 1.54) is 24.2 Å². The molecule has 4 amide bonds. The average molecular weight is 333 g/mol. The fourth-order valence-corrected chi connectivity index (χ4v) is 4.93. The Bertz CT molecular complexity index is 514. The Balaban J connectivity index is 1.35. The fraction of sp³-hybridized carbons (Fsp3) is 0.833. The summed E-state index contributed by atoms with van der Waals surface area (Å²) in [4.78, 5) is 42.9. The Kier molecular flexibility index (Phi) is 4.22. The van der Waals surface area contributed by atoms with Crippen LogP contribution >= 0.6 is 0 Å². The molecule has 0 N–H and O–H groups in total. The van der Waals surface area contributed by atoms with Crippen LogP contribution in [-0.4, -0.2) is 64.3 Å². The third kappa shape index (κ3) is 2.60. The first-order chi connectivity index (χ1) is 11.7. The molecule has 3 heterocycles. The molecule has 0 aromatic heterocycles. The molecule has 1 atom stereocenters. The van der Waals surface area contributed by atoms with Gasteiger partial charge in [0, 0.05) is 31.6 Å². The lowest BCUT2D eigenvalue weighted by Gasteiger charge is -2.37. The lowest BCUT2D eigenvalue weighted by Crippen LogP contribution is -2.50. The van der Waals surface area contributed by atoms with E-state index in [2.05, 4.69) is 0 Å². The molecular weight excluding hydrogens is 306 g/mol. The second-order valence-electron chi connectivity index (χ2n) is 7.73. The zero-order chi connectivity index (χ0) is 16.7. The molecule has 1 aliphatic carbocycles. The van der Waals surface area contributed by atoms with Crippen LogP contribution < -0.4 is 0 Å². The van der Waals surface area contributed by atoms with Crippen LogP contribution in [0.25, 0.3) is 0 Å². The molecule has 0 spiro atoms. The number of amides is 4. The van der Waals surface area contributed by atoms with Crippen molar-refractivity contribution in [1.82, 2.24) is 14.7 Å². The fourth-order valence-electron chi connectivity index (χ4n) is 4.93. The van der Waals surface area contributed by atoms with Crippen molar-refractivity contribution < 1.29 is 14.4 Å². The normalized spacial score (nSPS) is 29.5. The van der Waals surface area contributed by atoms with Gasteiger partial charge in [-0.3, -0.25) is 14.5 Å². The molecule has 6 heteroatoms. The summed E-state index contributed by atoms with van der Waals surface area (Å²) in [7, 11) is 0. The molecule has 3 saturated heterocycles. The molecule has 0 unspecified atom stereocenters. The summed E-state index contributed by atoms with van der Waals surface area (Å²) in [5.41, 5.74) is 0. The Morgan fingerprint density at radius 2 is 1.54 bits per heavy atom. The van der Waals surface area contributed by atoms with Crippen LogP contribution in [0.3, 0.4) is 0 Å². The van der Waals surface area contributed by atoms with E-state index in [0.29, 0.717) is 25.5 Å². The highest BCUT2D eigenvalue weighted by atomic mass is 16.2. The van der Waals surface area contributed by atoms with Crippen molar-refractivity contribution in [3.63, 3.8) is 0 Å². The van der Waals surface area contributed by atoms with Gasteiger partial charge in [0.2, 0.25) is 5.91 Å². The third-order valence-electron chi connectivity index (χ3n) is 6.32. The maximum atomic E-state index is 12.6. The second-order valence-corrected chi connectivity index (χ2v) is 7.73. The van der Waals surface area contributed by atoms with Crippen LogP contribution in [0.15, 0.2) is 0 Å². The number of hydrogen-bond acceptors (Lipinski definition) is 3. The SMILES string of the molecule is O=C(C1CCCCC1)N1CCC(N2C(=O)[C@H]3CCCN3C2=O)CC1. The molecule has 3 aliphatic heterocycles. The molecule has 6 nitrogen and oxygen atoms in total. The maximum Gasteiger partial charge on any atom is 0.327 e. The molecule has 0 bridgehead atoms. The van der Waals surface area contributed by atoms with Crippen molar-refractivity contribution in [2.24, 2.45) is 5.92 Å². The summed E-state index contributed by atoms with van der Waals surface area (Å²) in [5.74, 6) is 0.498. The number of fused-ring (bicyclic) bond motifs is 1. The zero-order valence-electron chi connectivity index (χ0n) is 14.3. The van der Waals surface area contributed by atoms with Crippen molar-refractivity contribution in [1.29, 1.82) is 0 Å². The van der Waals surface area contributed by atoms with E-state index in [1.54, 1.807) is 4.90 Å². The highest BCUT2D eigenvalue weighted by Gasteiger charge is 2.50. The Hall–Kier alpha value is -1.59. The van der Waals surface area contributed by atoms with Crippen LogP contribution in [-0.2, 0) is 9.59 Å². The summed E-state index contributed by atoms with van der Waals surface area (Å²) in [6.07, 6.45) is 8.85. The van der Waals surface area contributed by atoms with E-state index in [1.807, 2.05) is 4.90 Å². The number of carbonyl (C=O) groups excluding carboxylic acids is 3. The Labute approximate surface area is 143 Å². The van der Waals surface area contributed by atoms with E-state index in [4.69, 9.17) is 0 Å². The quantitative estimate of drug-likeness (QED) is 0.726. The maximum absolute atomic E-state index is 12.6. The Morgan fingerprint density at radius 1 is 0.833 bits per heavy atom. The first-order valence-electron chi connectivity index (χ1n) is 9.59. The van der Waals surface area contributed by atoms with Crippen molar-refractivity contribution in [2.45, 2.75) is 69.9 Å². The van der Waals surface area contributed by atoms with E-state index < -0.39 is 0 Å².